The Bertz CT molecular complexity index is 815. The number of hydrogen-bond acceptors (Lipinski definition) is 4. The lowest BCUT2D eigenvalue weighted by Gasteiger charge is -2.25. The summed E-state index contributed by atoms with van der Waals surface area (Å²) in [6.07, 6.45) is 0. The Morgan fingerprint density at radius 3 is 2.67 bits per heavy atom. The third-order valence-corrected chi connectivity index (χ3v) is 7.87. The SMILES string of the molecule is CC(C)(C)C(=O)N=C1S[C@@H]2CS(=O)(=O)C[C@H]2N1c1cccc(I)c1. The largest absolute Gasteiger partial charge is 0.316 e. The first-order valence-corrected chi connectivity index (χ1v) is 11.4. The number of aliphatic imine (C=N–C) groups is 1. The van der Waals surface area contributed by atoms with Crippen LogP contribution in [-0.2, 0) is 14.6 Å². The fraction of sp³-hybridized carbons (Fsp3) is 0.500. The van der Waals surface area contributed by atoms with E-state index >= 15 is 0 Å². The number of halogens is 1. The molecule has 8 heteroatoms. The van der Waals surface area contributed by atoms with Crippen LogP contribution in [0, 0.1) is 8.99 Å². The number of amides is 1. The molecule has 130 valence electrons. The van der Waals surface area contributed by atoms with Gasteiger partial charge in [-0.15, -0.1) is 0 Å². The van der Waals surface area contributed by atoms with Gasteiger partial charge in [-0.1, -0.05) is 38.6 Å². The molecule has 2 heterocycles. The van der Waals surface area contributed by atoms with Gasteiger partial charge in [0.1, 0.15) is 0 Å². The van der Waals surface area contributed by atoms with E-state index in [1.807, 2.05) is 49.9 Å². The molecule has 3 rings (SSSR count). The summed E-state index contributed by atoms with van der Waals surface area (Å²) in [7, 11) is -3.04. The number of sulfone groups is 1. The lowest BCUT2D eigenvalue weighted by molar-refractivity contribution is -0.124. The number of carbonyl (C=O) groups excluding carboxylic acids is 1. The average molecular weight is 478 g/mol. The molecule has 2 aliphatic heterocycles. The highest BCUT2D eigenvalue weighted by atomic mass is 127. The number of amidine groups is 1. The van der Waals surface area contributed by atoms with E-state index in [4.69, 9.17) is 0 Å². The molecule has 0 spiro atoms. The van der Waals surface area contributed by atoms with Crippen molar-refractivity contribution >= 4 is 61.0 Å². The van der Waals surface area contributed by atoms with Crippen molar-refractivity contribution in [2.45, 2.75) is 32.1 Å². The second kappa shape index (κ2) is 6.28. The van der Waals surface area contributed by atoms with Gasteiger partial charge in [0.2, 0.25) is 0 Å². The molecule has 2 atom stereocenters. The summed E-state index contributed by atoms with van der Waals surface area (Å²) in [6, 6.07) is 7.68. The molecule has 0 N–H and O–H groups in total. The smallest absolute Gasteiger partial charge is 0.253 e. The van der Waals surface area contributed by atoms with Crippen LogP contribution in [0.25, 0.3) is 0 Å². The summed E-state index contributed by atoms with van der Waals surface area (Å²) in [5.74, 6) is 0.0631. The molecule has 2 saturated heterocycles. The van der Waals surface area contributed by atoms with Crippen LogP contribution < -0.4 is 4.90 Å². The Labute approximate surface area is 160 Å². The summed E-state index contributed by atoms with van der Waals surface area (Å²) in [5, 5.41) is 0.543. The quantitative estimate of drug-likeness (QED) is 0.581. The van der Waals surface area contributed by atoms with Gasteiger partial charge in [-0.2, -0.15) is 4.99 Å². The molecular formula is C16H19IN2O3S2. The van der Waals surface area contributed by atoms with Crippen molar-refractivity contribution in [2.75, 3.05) is 16.4 Å². The molecule has 0 bridgehead atoms. The Balaban J connectivity index is 2.03. The number of carbonyl (C=O) groups is 1. The van der Waals surface area contributed by atoms with E-state index in [1.165, 1.54) is 11.8 Å². The van der Waals surface area contributed by atoms with E-state index in [0.29, 0.717) is 5.17 Å². The maximum absolute atomic E-state index is 12.4. The van der Waals surface area contributed by atoms with Gasteiger partial charge in [0.05, 0.1) is 17.5 Å². The van der Waals surface area contributed by atoms with Crippen LogP contribution in [0.1, 0.15) is 20.8 Å². The Morgan fingerprint density at radius 2 is 2.04 bits per heavy atom. The van der Waals surface area contributed by atoms with Crippen LogP contribution in [0.4, 0.5) is 5.69 Å². The van der Waals surface area contributed by atoms with Crippen molar-refractivity contribution in [3.8, 4) is 0 Å². The van der Waals surface area contributed by atoms with Crippen LogP contribution in [0.3, 0.4) is 0 Å². The van der Waals surface area contributed by atoms with Crippen LogP contribution in [0.5, 0.6) is 0 Å². The van der Waals surface area contributed by atoms with Crippen molar-refractivity contribution < 1.29 is 13.2 Å². The van der Waals surface area contributed by atoms with Gasteiger partial charge in [0, 0.05) is 19.9 Å². The number of thioether (sulfide) groups is 1. The molecule has 0 saturated carbocycles. The zero-order chi connectivity index (χ0) is 17.7. The molecule has 0 radical (unpaired) electrons. The van der Waals surface area contributed by atoms with E-state index in [2.05, 4.69) is 27.6 Å². The first kappa shape index (κ1) is 18.2. The number of rotatable bonds is 1. The van der Waals surface area contributed by atoms with Crippen molar-refractivity contribution in [2.24, 2.45) is 10.4 Å². The molecule has 2 aliphatic rings. The minimum atomic E-state index is -3.04. The summed E-state index contributed by atoms with van der Waals surface area (Å²) in [5.41, 5.74) is 0.327. The standard InChI is InChI=1S/C16H19IN2O3S2/c1-16(2,3)14(20)18-15-19(11-6-4-5-10(17)7-11)12-8-24(21,22)9-13(12)23-15/h4-7,12-13H,8-9H2,1-3H3/t12-,13-/m1/s1. The van der Waals surface area contributed by atoms with E-state index in [0.717, 1.165) is 9.26 Å². The number of fused-ring (bicyclic) bond motifs is 1. The first-order chi connectivity index (χ1) is 11.1. The number of anilines is 1. The number of benzene rings is 1. The average Bonchev–Trinajstić information content (AvgIpc) is 2.88. The van der Waals surface area contributed by atoms with Gasteiger partial charge in [-0.25, -0.2) is 8.42 Å². The lowest BCUT2D eigenvalue weighted by Crippen LogP contribution is -2.38. The topological polar surface area (TPSA) is 66.8 Å². The second-order valence-corrected chi connectivity index (χ2v) is 11.7. The van der Waals surface area contributed by atoms with Gasteiger partial charge in [-0.3, -0.25) is 4.79 Å². The highest BCUT2D eigenvalue weighted by molar-refractivity contribution is 14.1. The van der Waals surface area contributed by atoms with Crippen molar-refractivity contribution in [3.63, 3.8) is 0 Å². The molecule has 0 unspecified atom stereocenters. The highest BCUT2D eigenvalue weighted by Crippen LogP contribution is 2.41. The first-order valence-electron chi connectivity index (χ1n) is 7.62. The molecule has 24 heavy (non-hydrogen) atoms. The van der Waals surface area contributed by atoms with E-state index < -0.39 is 15.3 Å². The molecule has 0 aliphatic carbocycles. The zero-order valence-electron chi connectivity index (χ0n) is 13.7. The van der Waals surface area contributed by atoms with Crippen molar-refractivity contribution in [1.29, 1.82) is 0 Å². The highest BCUT2D eigenvalue weighted by Gasteiger charge is 2.49. The lowest BCUT2D eigenvalue weighted by atomic mass is 9.96. The molecule has 1 aromatic carbocycles. The summed E-state index contributed by atoms with van der Waals surface area (Å²) in [6.45, 7) is 5.50. The summed E-state index contributed by atoms with van der Waals surface area (Å²) >= 11 is 3.64. The number of nitrogens with zero attached hydrogens (tertiary/aromatic N) is 2. The minimum Gasteiger partial charge on any atom is -0.316 e. The van der Waals surface area contributed by atoms with E-state index in [1.54, 1.807) is 0 Å². The molecule has 1 aromatic rings. The predicted octanol–water partition coefficient (Wildman–Crippen LogP) is 2.94. The minimum absolute atomic E-state index is 0.0700. The molecule has 2 fully saturated rings. The van der Waals surface area contributed by atoms with Gasteiger partial charge in [0.15, 0.2) is 15.0 Å². The van der Waals surface area contributed by atoms with Gasteiger partial charge in [0.25, 0.3) is 5.91 Å². The van der Waals surface area contributed by atoms with Crippen LogP contribution >= 0.6 is 34.4 Å². The van der Waals surface area contributed by atoms with Crippen molar-refractivity contribution in [1.82, 2.24) is 0 Å². The van der Waals surface area contributed by atoms with Crippen LogP contribution in [0.15, 0.2) is 29.3 Å². The van der Waals surface area contributed by atoms with Crippen LogP contribution in [0.2, 0.25) is 0 Å². The Hall–Kier alpha value is -0.610. The normalized spacial score (nSPS) is 27.5. The van der Waals surface area contributed by atoms with Crippen LogP contribution in [-0.4, -0.2) is 42.3 Å². The predicted molar refractivity (Wildman–Crippen MR) is 107 cm³/mol. The van der Waals surface area contributed by atoms with Gasteiger partial charge in [-0.05, 0) is 40.8 Å². The third kappa shape index (κ3) is 3.65. The fourth-order valence-electron chi connectivity index (χ4n) is 2.75. The maximum atomic E-state index is 12.4. The molecule has 5 nitrogen and oxygen atoms in total. The molecule has 0 aromatic heterocycles. The zero-order valence-corrected chi connectivity index (χ0v) is 17.5. The molecule has 1 amide bonds. The summed E-state index contributed by atoms with van der Waals surface area (Å²) in [4.78, 5) is 18.6. The van der Waals surface area contributed by atoms with E-state index in [9.17, 15) is 13.2 Å². The monoisotopic (exact) mass is 478 g/mol. The van der Waals surface area contributed by atoms with E-state index in [-0.39, 0.29) is 28.7 Å². The Morgan fingerprint density at radius 1 is 1.33 bits per heavy atom. The fourth-order valence-corrected chi connectivity index (χ4v) is 7.19. The van der Waals surface area contributed by atoms with Gasteiger partial charge < -0.3 is 4.90 Å². The Kier molecular flexibility index (Phi) is 4.76. The molecular weight excluding hydrogens is 459 g/mol. The summed E-state index contributed by atoms with van der Waals surface area (Å²) < 4.78 is 25.1. The maximum Gasteiger partial charge on any atom is 0.253 e. The van der Waals surface area contributed by atoms with Crippen molar-refractivity contribution in [3.05, 3.63) is 27.8 Å². The number of hydrogen-bond donors (Lipinski definition) is 0. The second-order valence-electron chi connectivity index (χ2n) is 7.10. The third-order valence-electron chi connectivity index (χ3n) is 3.99. The van der Waals surface area contributed by atoms with Gasteiger partial charge >= 0.3 is 0 Å².